The van der Waals surface area contributed by atoms with Crippen molar-refractivity contribution in [1.29, 1.82) is 0 Å². The first-order valence-electron chi connectivity index (χ1n) is 9.87. The Morgan fingerprint density at radius 2 is 2.00 bits per heavy atom. The highest BCUT2D eigenvalue weighted by Gasteiger charge is 2.46. The molecule has 138 valence electrons. The molecule has 24 heavy (non-hydrogen) atoms. The Kier molecular flexibility index (Phi) is 6.03. The van der Waals surface area contributed by atoms with Crippen LogP contribution in [0.4, 0.5) is 0 Å². The molecule has 2 heterocycles. The first kappa shape index (κ1) is 18.0. The lowest BCUT2D eigenvalue weighted by Crippen LogP contribution is -2.48. The van der Waals surface area contributed by atoms with E-state index >= 15 is 0 Å². The minimum atomic E-state index is 0.327. The van der Waals surface area contributed by atoms with Crippen LogP contribution in [0, 0.1) is 5.41 Å². The zero-order chi connectivity index (χ0) is 17.0. The summed E-state index contributed by atoms with van der Waals surface area (Å²) in [5, 5.41) is 3.67. The molecule has 0 aromatic carbocycles. The molecule has 0 radical (unpaired) electrons. The van der Waals surface area contributed by atoms with Crippen LogP contribution >= 0.6 is 0 Å². The summed E-state index contributed by atoms with van der Waals surface area (Å²) in [6.07, 6.45) is 7.78. The third-order valence-corrected chi connectivity index (χ3v) is 5.66. The Balaban J connectivity index is 1.40. The van der Waals surface area contributed by atoms with Crippen molar-refractivity contribution in [3.05, 3.63) is 0 Å². The summed E-state index contributed by atoms with van der Waals surface area (Å²) in [7, 11) is 0. The van der Waals surface area contributed by atoms with Crippen molar-refractivity contribution in [2.75, 3.05) is 32.8 Å². The summed E-state index contributed by atoms with van der Waals surface area (Å²) >= 11 is 0. The highest BCUT2D eigenvalue weighted by molar-refractivity contribution is 5.81. The van der Waals surface area contributed by atoms with E-state index in [1.807, 2.05) is 0 Å². The second kappa shape index (κ2) is 8.05. The molecule has 2 aliphatic heterocycles. The molecule has 2 saturated heterocycles. The molecule has 0 aromatic heterocycles. The minimum Gasteiger partial charge on any atom is -0.376 e. The quantitative estimate of drug-likeness (QED) is 0.619. The molecule has 2 atom stereocenters. The molecule has 1 saturated carbocycles. The van der Waals surface area contributed by atoms with E-state index in [4.69, 9.17) is 14.5 Å². The van der Waals surface area contributed by atoms with Gasteiger partial charge in [0.2, 0.25) is 0 Å². The monoisotopic (exact) mass is 337 g/mol. The molecule has 0 spiro atoms. The van der Waals surface area contributed by atoms with Crippen molar-refractivity contribution < 1.29 is 9.47 Å². The van der Waals surface area contributed by atoms with Gasteiger partial charge in [-0.2, -0.15) is 0 Å². The number of guanidine groups is 1. The lowest BCUT2D eigenvalue weighted by Gasteiger charge is -2.35. The average molecular weight is 338 g/mol. The zero-order valence-electron chi connectivity index (χ0n) is 15.7. The standard InChI is InChI=1S/C19H35N3O2/c1-4-20-18(21-17-13-19(17,2)3)22-10-8-15(9-11-22)24-14-16-7-5-6-12-23-16/h15-17H,4-14H2,1-3H3,(H,20,21). The van der Waals surface area contributed by atoms with Crippen LogP contribution in [0.3, 0.4) is 0 Å². The Bertz CT molecular complexity index is 424. The SMILES string of the molecule is CCN=C(NC1CC1(C)C)N1CCC(OCC2CCCCO2)CC1. The number of ether oxygens (including phenoxy) is 2. The first-order chi connectivity index (χ1) is 11.6. The Hall–Kier alpha value is -0.810. The maximum absolute atomic E-state index is 6.13. The molecule has 3 rings (SSSR count). The van der Waals surface area contributed by atoms with Crippen molar-refractivity contribution in [1.82, 2.24) is 10.2 Å². The van der Waals surface area contributed by atoms with E-state index in [2.05, 4.69) is 31.0 Å². The Morgan fingerprint density at radius 3 is 2.58 bits per heavy atom. The summed E-state index contributed by atoms with van der Waals surface area (Å²) in [6, 6.07) is 0.584. The predicted octanol–water partition coefficient (Wildman–Crippen LogP) is 2.80. The molecule has 3 fully saturated rings. The van der Waals surface area contributed by atoms with Crippen LogP contribution in [0.25, 0.3) is 0 Å². The molecule has 3 aliphatic rings. The largest absolute Gasteiger partial charge is 0.376 e. The van der Waals surface area contributed by atoms with Gasteiger partial charge in [0.25, 0.3) is 0 Å². The summed E-state index contributed by atoms with van der Waals surface area (Å²) < 4.78 is 11.9. The first-order valence-corrected chi connectivity index (χ1v) is 9.87. The van der Waals surface area contributed by atoms with Gasteiger partial charge < -0.3 is 19.7 Å². The van der Waals surface area contributed by atoms with Crippen molar-refractivity contribution in [2.45, 2.75) is 77.5 Å². The van der Waals surface area contributed by atoms with Crippen molar-refractivity contribution in [3.63, 3.8) is 0 Å². The second-order valence-corrected chi connectivity index (χ2v) is 8.20. The number of aliphatic imine (C=N–C) groups is 1. The fourth-order valence-corrected chi connectivity index (χ4v) is 3.67. The lowest BCUT2D eigenvalue weighted by atomic mass is 10.1. The van der Waals surface area contributed by atoms with Crippen LogP contribution in [0.5, 0.6) is 0 Å². The fourth-order valence-electron chi connectivity index (χ4n) is 3.67. The van der Waals surface area contributed by atoms with E-state index in [9.17, 15) is 0 Å². The van der Waals surface area contributed by atoms with Crippen LogP contribution < -0.4 is 5.32 Å². The van der Waals surface area contributed by atoms with Crippen LogP contribution in [0.2, 0.25) is 0 Å². The molecule has 0 amide bonds. The number of hydrogen-bond acceptors (Lipinski definition) is 3. The topological polar surface area (TPSA) is 46.1 Å². The number of nitrogens with zero attached hydrogens (tertiary/aromatic N) is 2. The molecule has 2 unspecified atom stereocenters. The van der Waals surface area contributed by atoms with Gasteiger partial charge in [-0.1, -0.05) is 13.8 Å². The van der Waals surface area contributed by atoms with Gasteiger partial charge in [0.15, 0.2) is 5.96 Å². The smallest absolute Gasteiger partial charge is 0.194 e. The van der Waals surface area contributed by atoms with Gasteiger partial charge in [0.1, 0.15) is 0 Å². The maximum atomic E-state index is 6.13. The number of hydrogen-bond donors (Lipinski definition) is 1. The molecule has 1 aliphatic carbocycles. The van der Waals surface area contributed by atoms with E-state index < -0.39 is 0 Å². The van der Waals surface area contributed by atoms with Gasteiger partial charge >= 0.3 is 0 Å². The summed E-state index contributed by atoms with van der Waals surface area (Å²) in [5.41, 5.74) is 0.427. The Morgan fingerprint density at radius 1 is 1.25 bits per heavy atom. The third-order valence-electron chi connectivity index (χ3n) is 5.66. The average Bonchev–Trinajstić information content (AvgIpc) is 3.20. The molecular formula is C19H35N3O2. The van der Waals surface area contributed by atoms with E-state index in [1.54, 1.807) is 0 Å². The van der Waals surface area contributed by atoms with E-state index in [0.717, 1.165) is 58.1 Å². The van der Waals surface area contributed by atoms with Gasteiger partial charge in [-0.25, -0.2) is 0 Å². The lowest BCUT2D eigenvalue weighted by molar-refractivity contribution is -0.0721. The van der Waals surface area contributed by atoms with E-state index in [-0.39, 0.29) is 0 Å². The Labute approximate surface area is 147 Å². The fraction of sp³-hybridized carbons (Fsp3) is 0.947. The zero-order valence-corrected chi connectivity index (χ0v) is 15.7. The van der Waals surface area contributed by atoms with Gasteiger partial charge in [0.05, 0.1) is 18.8 Å². The van der Waals surface area contributed by atoms with Crippen LogP contribution in [0.15, 0.2) is 4.99 Å². The molecule has 5 nitrogen and oxygen atoms in total. The van der Waals surface area contributed by atoms with Crippen LogP contribution in [0.1, 0.15) is 59.3 Å². The third kappa shape index (κ3) is 4.85. The molecule has 0 aromatic rings. The highest BCUT2D eigenvalue weighted by Crippen LogP contribution is 2.44. The maximum Gasteiger partial charge on any atom is 0.194 e. The van der Waals surface area contributed by atoms with Crippen molar-refractivity contribution >= 4 is 5.96 Å². The molecule has 5 heteroatoms. The summed E-state index contributed by atoms with van der Waals surface area (Å²) in [5.74, 6) is 1.10. The molecule has 1 N–H and O–H groups in total. The van der Waals surface area contributed by atoms with Crippen molar-refractivity contribution in [2.24, 2.45) is 10.4 Å². The second-order valence-electron chi connectivity index (χ2n) is 8.20. The van der Waals surface area contributed by atoms with E-state index in [1.165, 1.54) is 19.3 Å². The van der Waals surface area contributed by atoms with Gasteiger partial charge in [-0.3, -0.25) is 4.99 Å². The predicted molar refractivity (Wildman–Crippen MR) is 97.4 cm³/mol. The number of rotatable bonds is 5. The van der Waals surface area contributed by atoms with Gasteiger partial charge in [-0.15, -0.1) is 0 Å². The highest BCUT2D eigenvalue weighted by atomic mass is 16.5. The van der Waals surface area contributed by atoms with Crippen LogP contribution in [-0.2, 0) is 9.47 Å². The van der Waals surface area contributed by atoms with Crippen molar-refractivity contribution in [3.8, 4) is 0 Å². The van der Waals surface area contributed by atoms with E-state index in [0.29, 0.717) is 23.7 Å². The van der Waals surface area contributed by atoms with Gasteiger partial charge in [-0.05, 0) is 50.9 Å². The minimum absolute atomic E-state index is 0.327. The summed E-state index contributed by atoms with van der Waals surface area (Å²) in [6.45, 7) is 11.3. The van der Waals surface area contributed by atoms with Crippen LogP contribution in [-0.4, -0.2) is 62.0 Å². The normalized spacial score (nSPS) is 31.1. The number of nitrogens with one attached hydrogen (secondary N) is 1. The molecular weight excluding hydrogens is 302 g/mol. The number of likely N-dealkylation sites (tertiary alicyclic amines) is 1. The molecule has 0 bridgehead atoms. The number of piperidine rings is 1. The van der Waals surface area contributed by atoms with Gasteiger partial charge in [0, 0.05) is 32.3 Å². The summed E-state index contributed by atoms with van der Waals surface area (Å²) in [4.78, 5) is 7.12.